The molecule has 1 fully saturated rings. The molecule has 1 aliphatic heterocycles. The van der Waals surface area contributed by atoms with Crippen molar-refractivity contribution in [2.75, 3.05) is 36.8 Å². The maximum Gasteiger partial charge on any atom is 0.293 e. The lowest BCUT2D eigenvalue weighted by Crippen LogP contribution is -2.46. The Morgan fingerprint density at radius 3 is 2.35 bits per heavy atom. The monoisotopic (exact) mass is 573 g/mol. The quantitative estimate of drug-likeness (QED) is 0.111. The predicted molar refractivity (Wildman–Crippen MR) is 162 cm³/mol. The highest BCUT2D eigenvalue weighted by atomic mass is 35.5. The summed E-state index contributed by atoms with van der Waals surface area (Å²) in [4.78, 5) is 28.5. The number of nitrogens with zero attached hydrogens (tertiary/aromatic N) is 3. The first-order valence-corrected chi connectivity index (χ1v) is 14.0. The molecule has 0 saturated carbocycles. The van der Waals surface area contributed by atoms with Crippen LogP contribution in [-0.2, 0) is 6.54 Å². The van der Waals surface area contributed by atoms with Crippen LogP contribution >= 0.6 is 23.5 Å². The molecule has 4 aromatic carbocycles. The molecule has 1 saturated heterocycles. The van der Waals surface area contributed by atoms with Crippen molar-refractivity contribution in [3.05, 3.63) is 117 Å². The van der Waals surface area contributed by atoms with Gasteiger partial charge in [-0.3, -0.25) is 24.5 Å². The molecular formula is C30H28ClN5O3S. The van der Waals surface area contributed by atoms with E-state index >= 15 is 0 Å². The first kappa shape index (κ1) is 27.5. The molecule has 0 atom stereocenters. The molecule has 0 unspecified atom stereocenters. The summed E-state index contributed by atoms with van der Waals surface area (Å²) in [6.45, 7) is 4.52. The van der Waals surface area contributed by atoms with Crippen LogP contribution in [0.5, 0.6) is 0 Å². The molecule has 0 aliphatic carbocycles. The number of nitrogen functional groups attached to an aromatic ring is 1. The van der Waals surface area contributed by atoms with E-state index in [1.807, 2.05) is 24.3 Å². The van der Waals surface area contributed by atoms with Crippen LogP contribution < -0.4 is 15.4 Å². The summed E-state index contributed by atoms with van der Waals surface area (Å²) in [5.41, 5.74) is 10.8. The third-order valence-electron chi connectivity index (χ3n) is 6.89. The first-order valence-electron chi connectivity index (χ1n) is 12.8. The zero-order valence-electron chi connectivity index (χ0n) is 21.6. The molecule has 8 nitrogen and oxygen atoms in total. The highest BCUT2D eigenvalue weighted by molar-refractivity contribution is 7.98. The van der Waals surface area contributed by atoms with E-state index in [1.165, 1.54) is 23.3 Å². The Labute approximate surface area is 242 Å². The van der Waals surface area contributed by atoms with Crippen molar-refractivity contribution < 1.29 is 9.72 Å². The van der Waals surface area contributed by atoms with Gasteiger partial charge in [0.05, 0.1) is 4.92 Å². The Hall–Kier alpha value is -4.05. The Morgan fingerprint density at radius 1 is 0.950 bits per heavy atom. The van der Waals surface area contributed by atoms with Gasteiger partial charge in [0.15, 0.2) is 0 Å². The molecule has 4 aromatic rings. The fraction of sp³-hybridized carbons (Fsp3) is 0.167. The van der Waals surface area contributed by atoms with Gasteiger partial charge in [-0.05, 0) is 77.2 Å². The summed E-state index contributed by atoms with van der Waals surface area (Å²) >= 11 is 7.10. The largest absolute Gasteiger partial charge is 0.393 e. The van der Waals surface area contributed by atoms with Gasteiger partial charge in [0.25, 0.3) is 11.6 Å². The number of nitro benzene ring substituents is 1. The summed E-state index contributed by atoms with van der Waals surface area (Å²) in [5.74, 6) is -0.278. The lowest BCUT2D eigenvalue weighted by molar-refractivity contribution is -0.384. The Kier molecular flexibility index (Phi) is 8.54. The predicted octanol–water partition coefficient (Wildman–Crippen LogP) is 6.26. The first-order chi connectivity index (χ1) is 19.4. The number of nitrogens with two attached hydrogens (primary N) is 1. The number of piperazine rings is 1. The van der Waals surface area contributed by atoms with Gasteiger partial charge in [0.1, 0.15) is 5.69 Å². The van der Waals surface area contributed by atoms with Crippen LogP contribution in [0.4, 0.5) is 17.1 Å². The molecule has 40 heavy (non-hydrogen) atoms. The van der Waals surface area contributed by atoms with Crippen molar-refractivity contribution in [2.45, 2.75) is 11.4 Å². The Balaban J connectivity index is 1.15. The van der Waals surface area contributed by atoms with Crippen LogP contribution in [0.15, 0.2) is 95.9 Å². The van der Waals surface area contributed by atoms with Gasteiger partial charge in [-0.15, -0.1) is 0 Å². The fourth-order valence-electron chi connectivity index (χ4n) is 4.71. The Bertz CT molecular complexity index is 1510. The SMILES string of the molecule is Nc1ccc(SNC(=O)c2ccc(N3CCN(Cc4ccccc4-c4ccc(Cl)cc4)CC3)cc2)cc1[N+](=O)[O-]. The molecule has 10 heteroatoms. The summed E-state index contributed by atoms with van der Waals surface area (Å²) in [6, 6.07) is 28.4. The van der Waals surface area contributed by atoms with Gasteiger partial charge in [-0.1, -0.05) is 48.0 Å². The van der Waals surface area contributed by atoms with Gasteiger partial charge >= 0.3 is 0 Å². The van der Waals surface area contributed by atoms with Crippen molar-refractivity contribution in [3.63, 3.8) is 0 Å². The van der Waals surface area contributed by atoms with E-state index in [4.69, 9.17) is 17.3 Å². The number of carbonyl (C=O) groups is 1. The van der Waals surface area contributed by atoms with E-state index in [2.05, 4.69) is 50.9 Å². The second kappa shape index (κ2) is 12.4. The number of nitrogens with one attached hydrogen (secondary N) is 1. The topological polar surface area (TPSA) is 105 Å². The number of amides is 1. The summed E-state index contributed by atoms with van der Waals surface area (Å²) < 4.78 is 2.74. The number of anilines is 2. The van der Waals surface area contributed by atoms with Gasteiger partial charge in [-0.25, -0.2) is 0 Å². The van der Waals surface area contributed by atoms with Gasteiger partial charge in [0, 0.05) is 60.0 Å². The van der Waals surface area contributed by atoms with E-state index < -0.39 is 4.92 Å². The summed E-state index contributed by atoms with van der Waals surface area (Å²) in [5, 5.41) is 11.8. The average Bonchev–Trinajstić information content (AvgIpc) is 2.98. The minimum Gasteiger partial charge on any atom is -0.393 e. The third-order valence-corrected chi connectivity index (χ3v) is 7.92. The molecule has 3 N–H and O–H groups in total. The van der Waals surface area contributed by atoms with Gasteiger partial charge in [0.2, 0.25) is 0 Å². The zero-order valence-corrected chi connectivity index (χ0v) is 23.2. The average molecular weight is 574 g/mol. The summed E-state index contributed by atoms with van der Waals surface area (Å²) in [6.07, 6.45) is 0. The molecule has 0 radical (unpaired) electrons. The molecule has 0 bridgehead atoms. The minimum atomic E-state index is -0.542. The third kappa shape index (κ3) is 6.56. The van der Waals surface area contributed by atoms with Crippen molar-refractivity contribution in [3.8, 4) is 11.1 Å². The molecule has 1 amide bonds. The molecule has 1 heterocycles. The molecule has 204 valence electrons. The van der Waals surface area contributed by atoms with Crippen LogP contribution in [0, 0.1) is 10.1 Å². The van der Waals surface area contributed by atoms with Crippen LogP contribution in [0.3, 0.4) is 0 Å². The number of nitro groups is 1. The number of rotatable bonds is 8. The van der Waals surface area contributed by atoms with Gasteiger partial charge in [-0.2, -0.15) is 0 Å². The zero-order chi connectivity index (χ0) is 28.1. The van der Waals surface area contributed by atoms with Crippen molar-refractivity contribution in [1.29, 1.82) is 0 Å². The number of benzene rings is 4. The smallest absolute Gasteiger partial charge is 0.293 e. The second-order valence-electron chi connectivity index (χ2n) is 9.49. The van der Waals surface area contributed by atoms with E-state index in [0.29, 0.717) is 10.5 Å². The highest BCUT2D eigenvalue weighted by Crippen LogP contribution is 2.28. The second-order valence-corrected chi connectivity index (χ2v) is 10.8. The Morgan fingerprint density at radius 2 is 1.65 bits per heavy atom. The maximum atomic E-state index is 12.6. The lowest BCUT2D eigenvalue weighted by atomic mass is 9.99. The molecule has 5 rings (SSSR count). The summed E-state index contributed by atoms with van der Waals surface area (Å²) in [7, 11) is 0. The number of hydrogen-bond acceptors (Lipinski definition) is 7. The molecule has 1 aliphatic rings. The normalized spacial score (nSPS) is 13.7. The minimum absolute atomic E-state index is 0.0832. The van der Waals surface area contributed by atoms with E-state index in [1.54, 1.807) is 18.2 Å². The molecular weight excluding hydrogens is 546 g/mol. The van der Waals surface area contributed by atoms with Crippen LogP contribution in [0.25, 0.3) is 11.1 Å². The fourth-order valence-corrected chi connectivity index (χ4v) is 5.47. The van der Waals surface area contributed by atoms with E-state index in [-0.39, 0.29) is 17.3 Å². The lowest BCUT2D eigenvalue weighted by Gasteiger charge is -2.36. The molecule has 0 aromatic heterocycles. The van der Waals surface area contributed by atoms with Crippen molar-refractivity contribution in [1.82, 2.24) is 9.62 Å². The highest BCUT2D eigenvalue weighted by Gasteiger charge is 2.19. The standard InChI is InChI=1S/C30H28ClN5O3S/c31-24-9-5-21(6-10-24)27-4-2-1-3-23(27)20-34-15-17-35(18-16-34)25-11-7-22(8-12-25)30(37)33-40-26-13-14-28(32)29(19-26)36(38)39/h1-14,19H,15-18,20,32H2,(H,33,37). The van der Waals surface area contributed by atoms with Crippen LogP contribution in [0.1, 0.15) is 15.9 Å². The van der Waals surface area contributed by atoms with Crippen molar-refractivity contribution in [2.24, 2.45) is 0 Å². The number of carbonyl (C=O) groups excluding carboxylic acids is 1. The maximum absolute atomic E-state index is 12.6. The van der Waals surface area contributed by atoms with Gasteiger partial charge < -0.3 is 10.6 Å². The van der Waals surface area contributed by atoms with Crippen LogP contribution in [0.2, 0.25) is 5.02 Å². The van der Waals surface area contributed by atoms with Crippen LogP contribution in [-0.4, -0.2) is 41.9 Å². The molecule has 0 spiro atoms. The van der Waals surface area contributed by atoms with Crippen molar-refractivity contribution >= 4 is 46.5 Å². The van der Waals surface area contributed by atoms with E-state index in [0.717, 1.165) is 60.9 Å². The number of hydrogen-bond donors (Lipinski definition) is 2. The number of halogens is 1. The van der Waals surface area contributed by atoms with E-state index in [9.17, 15) is 14.9 Å².